The predicted molar refractivity (Wildman–Crippen MR) is 108 cm³/mol. The van der Waals surface area contributed by atoms with Crippen LogP contribution in [0.25, 0.3) is 0 Å². The van der Waals surface area contributed by atoms with Gasteiger partial charge < -0.3 is 4.90 Å². The smallest absolute Gasteiger partial charge is 0.320 e. The summed E-state index contributed by atoms with van der Waals surface area (Å²) in [6.45, 7) is 2.39. The molecule has 0 atom stereocenters. The number of carbonyl (C=O) groups is 1. The molecule has 29 heavy (non-hydrogen) atoms. The van der Waals surface area contributed by atoms with Gasteiger partial charge in [0.05, 0.1) is 4.92 Å². The Bertz CT molecular complexity index is 1100. The van der Waals surface area contributed by atoms with Gasteiger partial charge in [-0.2, -0.15) is 0 Å². The molecule has 0 radical (unpaired) electrons. The van der Waals surface area contributed by atoms with E-state index in [2.05, 4.69) is 20.8 Å². The molecule has 1 aliphatic rings. The van der Waals surface area contributed by atoms with E-state index >= 15 is 0 Å². The highest BCUT2D eigenvalue weighted by atomic mass is 16.6. The first kappa shape index (κ1) is 18.4. The third-order valence-corrected chi connectivity index (χ3v) is 4.81. The average Bonchev–Trinajstić information content (AvgIpc) is 3.16. The minimum absolute atomic E-state index is 0.0775. The lowest BCUT2D eigenvalue weighted by molar-refractivity contribution is -0.383. The lowest BCUT2D eigenvalue weighted by atomic mass is 10.1. The minimum atomic E-state index is -0.543. The van der Waals surface area contributed by atoms with Crippen LogP contribution in [0.2, 0.25) is 0 Å². The molecule has 0 saturated heterocycles. The Morgan fingerprint density at radius 2 is 1.90 bits per heavy atom. The Morgan fingerprint density at radius 1 is 1.14 bits per heavy atom. The number of amides is 1. The average molecular weight is 390 g/mol. The van der Waals surface area contributed by atoms with E-state index in [1.165, 1.54) is 6.33 Å². The first-order chi connectivity index (χ1) is 14.1. The fourth-order valence-corrected chi connectivity index (χ4v) is 3.40. The molecule has 2 heterocycles. The van der Waals surface area contributed by atoms with Gasteiger partial charge in [-0.15, -0.1) is 0 Å². The number of fused-ring (bicyclic) bond motifs is 1. The van der Waals surface area contributed by atoms with E-state index in [9.17, 15) is 14.9 Å². The molecule has 4 rings (SSSR count). The second-order valence-electron chi connectivity index (χ2n) is 6.58. The van der Waals surface area contributed by atoms with Gasteiger partial charge in [-0.25, -0.2) is 9.97 Å². The molecule has 1 amide bonds. The number of benzene rings is 2. The molecule has 2 N–H and O–H groups in total. The summed E-state index contributed by atoms with van der Waals surface area (Å²) in [7, 11) is 0. The van der Waals surface area contributed by atoms with Crippen molar-refractivity contribution in [2.75, 3.05) is 16.9 Å². The van der Waals surface area contributed by atoms with E-state index in [0.717, 1.165) is 23.2 Å². The van der Waals surface area contributed by atoms with Gasteiger partial charge in [-0.3, -0.25) is 25.8 Å². The van der Waals surface area contributed by atoms with Crippen molar-refractivity contribution >= 4 is 28.9 Å². The lowest BCUT2D eigenvalue weighted by Crippen LogP contribution is -2.31. The number of nitrogens with zero attached hydrogens (tertiary/aromatic N) is 4. The van der Waals surface area contributed by atoms with Gasteiger partial charge in [0, 0.05) is 17.8 Å². The number of anilines is 3. The standard InChI is InChI=1S/C20H18N6O3/c1-13-6-2-4-8-15(13)20(27)24-23-18-17(26(28)29)19(22-12-21-18)25-11-10-14-7-3-5-9-16(14)25/h2-9,12H,10-11H2,1H3,(H,24,27)(H,21,22,23). The van der Waals surface area contributed by atoms with Crippen LogP contribution in [0.5, 0.6) is 0 Å². The Morgan fingerprint density at radius 3 is 2.69 bits per heavy atom. The van der Waals surface area contributed by atoms with Crippen molar-refractivity contribution in [1.29, 1.82) is 0 Å². The maximum absolute atomic E-state index is 12.4. The summed E-state index contributed by atoms with van der Waals surface area (Å²) < 4.78 is 0. The van der Waals surface area contributed by atoms with Crippen molar-refractivity contribution in [3.8, 4) is 0 Å². The Labute approximate surface area is 166 Å². The molecular weight excluding hydrogens is 372 g/mol. The molecule has 0 spiro atoms. The van der Waals surface area contributed by atoms with E-state index in [1.807, 2.05) is 43.3 Å². The van der Waals surface area contributed by atoms with Crippen molar-refractivity contribution in [3.63, 3.8) is 0 Å². The molecule has 146 valence electrons. The highest BCUT2D eigenvalue weighted by Crippen LogP contribution is 2.39. The molecule has 9 heteroatoms. The topological polar surface area (TPSA) is 113 Å². The van der Waals surface area contributed by atoms with Crippen LogP contribution in [-0.4, -0.2) is 27.3 Å². The van der Waals surface area contributed by atoms with Crippen LogP contribution in [0.15, 0.2) is 54.9 Å². The van der Waals surface area contributed by atoms with Crippen LogP contribution in [0.4, 0.5) is 23.0 Å². The molecule has 0 bridgehead atoms. The van der Waals surface area contributed by atoms with Crippen molar-refractivity contribution < 1.29 is 9.72 Å². The molecule has 0 unspecified atom stereocenters. The third-order valence-electron chi connectivity index (χ3n) is 4.81. The van der Waals surface area contributed by atoms with Crippen molar-refractivity contribution in [2.45, 2.75) is 13.3 Å². The number of hydrogen-bond donors (Lipinski definition) is 2. The summed E-state index contributed by atoms with van der Waals surface area (Å²) >= 11 is 0. The highest BCUT2D eigenvalue weighted by Gasteiger charge is 2.31. The normalized spacial score (nSPS) is 12.4. The molecule has 2 aromatic carbocycles. The molecule has 0 fully saturated rings. The SMILES string of the molecule is Cc1ccccc1C(=O)NNc1ncnc(N2CCc3ccccc32)c1[N+](=O)[O-]. The fourth-order valence-electron chi connectivity index (χ4n) is 3.40. The van der Waals surface area contributed by atoms with Crippen molar-refractivity contribution in [3.05, 3.63) is 81.7 Å². The van der Waals surface area contributed by atoms with Gasteiger partial charge in [0.15, 0.2) is 0 Å². The maximum Gasteiger partial charge on any atom is 0.355 e. The van der Waals surface area contributed by atoms with Gasteiger partial charge in [0.2, 0.25) is 11.6 Å². The van der Waals surface area contributed by atoms with E-state index in [4.69, 9.17) is 0 Å². The number of para-hydroxylation sites is 1. The number of nitrogens with one attached hydrogen (secondary N) is 2. The van der Waals surface area contributed by atoms with Crippen LogP contribution < -0.4 is 15.8 Å². The fraction of sp³-hybridized carbons (Fsp3) is 0.150. The van der Waals surface area contributed by atoms with Gasteiger partial charge >= 0.3 is 5.69 Å². The first-order valence-electron chi connectivity index (χ1n) is 9.03. The second kappa shape index (κ2) is 7.55. The lowest BCUT2D eigenvalue weighted by Gasteiger charge is -2.19. The Balaban J connectivity index is 1.64. The summed E-state index contributed by atoms with van der Waals surface area (Å²) in [6, 6.07) is 14.8. The number of nitro groups is 1. The summed E-state index contributed by atoms with van der Waals surface area (Å²) in [5.41, 5.74) is 8.01. The number of hydrogen-bond acceptors (Lipinski definition) is 7. The molecule has 0 aliphatic carbocycles. The zero-order valence-electron chi connectivity index (χ0n) is 15.6. The minimum Gasteiger partial charge on any atom is -0.320 e. The van der Waals surface area contributed by atoms with Crippen LogP contribution in [-0.2, 0) is 6.42 Å². The number of carbonyl (C=O) groups excluding carboxylic acids is 1. The maximum atomic E-state index is 12.4. The van der Waals surface area contributed by atoms with Crippen LogP contribution in [0.1, 0.15) is 21.5 Å². The zero-order valence-corrected chi connectivity index (χ0v) is 15.6. The molecule has 9 nitrogen and oxygen atoms in total. The number of aromatic nitrogens is 2. The Kier molecular flexibility index (Phi) is 4.78. The van der Waals surface area contributed by atoms with E-state index in [-0.39, 0.29) is 17.3 Å². The number of aryl methyl sites for hydroxylation is 1. The largest absolute Gasteiger partial charge is 0.355 e. The summed E-state index contributed by atoms with van der Waals surface area (Å²) in [6.07, 6.45) is 2.01. The summed E-state index contributed by atoms with van der Waals surface area (Å²) in [4.78, 5) is 33.6. The second-order valence-corrected chi connectivity index (χ2v) is 6.58. The molecule has 0 saturated carbocycles. The van der Waals surface area contributed by atoms with Gasteiger partial charge in [0.25, 0.3) is 5.91 Å². The molecule has 3 aromatic rings. The monoisotopic (exact) mass is 390 g/mol. The van der Waals surface area contributed by atoms with E-state index < -0.39 is 10.8 Å². The number of hydrazine groups is 1. The predicted octanol–water partition coefficient (Wildman–Crippen LogP) is 3.14. The highest BCUT2D eigenvalue weighted by molar-refractivity contribution is 5.96. The molecule has 1 aliphatic heterocycles. The van der Waals surface area contributed by atoms with Gasteiger partial charge in [0.1, 0.15) is 6.33 Å². The molecular formula is C20H18N6O3. The quantitative estimate of drug-likeness (QED) is 0.508. The van der Waals surface area contributed by atoms with E-state index in [1.54, 1.807) is 17.0 Å². The van der Waals surface area contributed by atoms with Gasteiger partial charge in [-0.05, 0) is 36.6 Å². The first-order valence-corrected chi connectivity index (χ1v) is 9.03. The van der Waals surface area contributed by atoms with Crippen LogP contribution in [0, 0.1) is 17.0 Å². The van der Waals surface area contributed by atoms with Crippen molar-refractivity contribution in [1.82, 2.24) is 15.4 Å². The molecule has 1 aromatic heterocycles. The number of rotatable bonds is 5. The summed E-state index contributed by atoms with van der Waals surface area (Å²) in [5, 5.41) is 11.8. The van der Waals surface area contributed by atoms with E-state index in [0.29, 0.717) is 12.1 Å². The van der Waals surface area contributed by atoms with Crippen molar-refractivity contribution in [2.24, 2.45) is 0 Å². The van der Waals surface area contributed by atoms with Crippen LogP contribution >= 0.6 is 0 Å². The van der Waals surface area contributed by atoms with Crippen LogP contribution in [0.3, 0.4) is 0 Å². The van der Waals surface area contributed by atoms with Gasteiger partial charge in [-0.1, -0.05) is 36.4 Å². The zero-order chi connectivity index (χ0) is 20.4. The Hall–Kier alpha value is -4.01. The third kappa shape index (κ3) is 3.45. The summed E-state index contributed by atoms with van der Waals surface area (Å²) in [5.74, 6) is -0.307.